The predicted molar refractivity (Wildman–Crippen MR) is 102 cm³/mol. The zero-order valence-electron chi connectivity index (χ0n) is 16.7. The van der Waals surface area contributed by atoms with E-state index in [1.54, 1.807) is 13.8 Å². The molecule has 170 valence electrons. The third kappa shape index (κ3) is 4.27. The molecule has 2 aromatic heterocycles. The largest absolute Gasteiger partial charge is 0.464 e. The van der Waals surface area contributed by atoms with Crippen molar-refractivity contribution in [3.63, 3.8) is 0 Å². The van der Waals surface area contributed by atoms with Crippen LogP contribution >= 0.6 is 7.75 Å². The van der Waals surface area contributed by atoms with Crippen molar-refractivity contribution in [2.24, 2.45) is 0 Å². The highest BCUT2D eigenvalue weighted by Gasteiger charge is 2.53. The Morgan fingerprint density at radius 2 is 2.32 bits per heavy atom. The summed E-state index contributed by atoms with van der Waals surface area (Å²) >= 11 is 0. The molecule has 0 bridgehead atoms. The maximum absolute atomic E-state index is 13.6. The van der Waals surface area contributed by atoms with E-state index in [0.29, 0.717) is 0 Å². The van der Waals surface area contributed by atoms with Crippen molar-refractivity contribution >= 4 is 30.7 Å². The van der Waals surface area contributed by atoms with E-state index in [1.165, 1.54) is 10.9 Å². The van der Waals surface area contributed by atoms with E-state index in [2.05, 4.69) is 20.0 Å². The molecule has 4 heterocycles. The molecule has 0 radical (unpaired) electrons. The van der Waals surface area contributed by atoms with Crippen molar-refractivity contribution in [1.29, 1.82) is 0 Å². The molecule has 2 aromatic rings. The summed E-state index contributed by atoms with van der Waals surface area (Å²) in [4.78, 5) is 22.4. The van der Waals surface area contributed by atoms with Gasteiger partial charge in [0.2, 0.25) is 0 Å². The first-order valence-electron chi connectivity index (χ1n) is 9.56. The molecule has 13 nitrogen and oxygen atoms in total. The number of carbonyl (C=O) groups is 1. The number of carbonyl (C=O) groups excluding carboxylic acids is 1. The van der Waals surface area contributed by atoms with Crippen molar-refractivity contribution in [1.82, 2.24) is 24.6 Å². The predicted octanol–water partition coefficient (Wildman–Crippen LogP) is 0.261. The molecule has 0 aliphatic carbocycles. The number of aliphatic hydroxyl groups excluding tert-OH is 1. The van der Waals surface area contributed by atoms with Crippen LogP contribution in [0.25, 0.3) is 11.2 Å². The zero-order valence-corrected chi connectivity index (χ0v) is 17.6. The van der Waals surface area contributed by atoms with Crippen LogP contribution in [0, 0.1) is 6.08 Å². The number of imidazole rings is 1. The number of nitrogens with zero attached hydrogens (tertiary/aromatic N) is 4. The quantitative estimate of drug-likeness (QED) is 0.305. The number of anilines is 1. The number of rotatable bonds is 6. The third-order valence-corrected chi connectivity index (χ3v) is 6.60. The Labute approximate surface area is 175 Å². The molecule has 2 fully saturated rings. The first-order valence-corrected chi connectivity index (χ1v) is 11.1. The topological polar surface area (TPSA) is 173 Å². The number of halogens is 1. The SMILES string of the molecule is CCC(=O)OC[C@H](C)NP1(=O)OC[C@H]2O[C@@H](n3cnc4c(N)nc(F)nc43)[C@@H](O)[C@@H]2O1. The molecule has 15 heteroatoms. The first-order chi connectivity index (χ1) is 14.7. The molecule has 0 saturated carbocycles. The second-order valence-electron chi connectivity index (χ2n) is 7.19. The van der Waals surface area contributed by atoms with Gasteiger partial charge >= 0.3 is 19.8 Å². The number of aromatic nitrogens is 4. The number of hydrogen-bond acceptors (Lipinski definition) is 11. The second kappa shape index (κ2) is 8.37. The van der Waals surface area contributed by atoms with E-state index >= 15 is 0 Å². The van der Waals surface area contributed by atoms with E-state index in [9.17, 15) is 18.9 Å². The fourth-order valence-electron chi connectivity index (χ4n) is 3.37. The molecule has 31 heavy (non-hydrogen) atoms. The minimum absolute atomic E-state index is 0.0290. The molecule has 4 rings (SSSR count). The first kappa shape index (κ1) is 22.0. The number of nitrogen functional groups attached to an aromatic ring is 1. The summed E-state index contributed by atoms with van der Waals surface area (Å²) in [6, 6.07) is -0.534. The third-order valence-electron chi connectivity index (χ3n) is 4.84. The van der Waals surface area contributed by atoms with Crippen molar-refractivity contribution in [3.8, 4) is 0 Å². The van der Waals surface area contributed by atoms with Crippen LogP contribution in [0.15, 0.2) is 6.33 Å². The molecule has 6 atom stereocenters. The van der Waals surface area contributed by atoms with Crippen LogP contribution < -0.4 is 10.8 Å². The van der Waals surface area contributed by atoms with Crippen LogP contribution in [-0.2, 0) is 27.9 Å². The lowest BCUT2D eigenvalue weighted by Gasteiger charge is -2.33. The smallest absolute Gasteiger partial charge is 0.406 e. The number of nitrogens with one attached hydrogen (secondary N) is 1. The van der Waals surface area contributed by atoms with Crippen molar-refractivity contribution in [2.75, 3.05) is 18.9 Å². The number of fused-ring (bicyclic) bond motifs is 2. The van der Waals surface area contributed by atoms with Gasteiger partial charge in [-0.1, -0.05) is 6.92 Å². The Balaban J connectivity index is 1.48. The lowest BCUT2D eigenvalue weighted by atomic mass is 10.1. The molecule has 2 aliphatic rings. The number of esters is 1. The summed E-state index contributed by atoms with van der Waals surface area (Å²) in [5.41, 5.74) is 5.84. The highest BCUT2D eigenvalue weighted by Crippen LogP contribution is 2.53. The average Bonchev–Trinajstić information content (AvgIpc) is 3.27. The number of ether oxygens (including phenoxy) is 2. The van der Waals surface area contributed by atoms with Gasteiger partial charge in [-0.05, 0) is 6.92 Å². The highest BCUT2D eigenvalue weighted by atomic mass is 31.2. The number of hydrogen-bond donors (Lipinski definition) is 3. The van der Waals surface area contributed by atoms with Crippen molar-refractivity contribution in [2.45, 2.75) is 50.8 Å². The minimum atomic E-state index is -3.82. The Morgan fingerprint density at radius 3 is 3.06 bits per heavy atom. The molecular weight excluding hydrogens is 438 g/mol. The fourth-order valence-corrected chi connectivity index (χ4v) is 5.10. The van der Waals surface area contributed by atoms with Gasteiger partial charge in [-0.25, -0.2) is 14.6 Å². The lowest BCUT2D eigenvalue weighted by Crippen LogP contribution is -2.43. The average molecular weight is 460 g/mol. The second-order valence-corrected chi connectivity index (χ2v) is 8.91. The molecule has 2 aliphatic heterocycles. The van der Waals surface area contributed by atoms with Gasteiger partial charge in [0.15, 0.2) is 23.2 Å². The van der Waals surface area contributed by atoms with Crippen LogP contribution in [0.1, 0.15) is 26.5 Å². The van der Waals surface area contributed by atoms with E-state index in [-0.39, 0.29) is 36.6 Å². The minimum Gasteiger partial charge on any atom is -0.464 e. The fraction of sp³-hybridized carbons (Fsp3) is 0.625. The van der Waals surface area contributed by atoms with Gasteiger partial charge in [0.25, 0.3) is 0 Å². The standard InChI is InChI=1S/C16H22FN6O7P/c1-3-9(24)27-4-7(2)22-31(26)28-5-8-12(30-31)11(25)15(29-8)23-6-19-10-13(18)20-16(17)21-14(10)23/h6-8,11-12,15,25H,3-5H2,1-2H3,(H,22,26)(H2,18,20,21)/t7-,8+,11-,12+,15+,31?/m0/s1. The summed E-state index contributed by atoms with van der Waals surface area (Å²) < 4.78 is 49.6. The van der Waals surface area contributed by atoms with Gasteiger partial charge in [0, 0.05) is 12.5 Å². The van der Waals surface area contributed by atoms with E-state index < -0.39 is 50.4 Å². The van der Waals surface area contributed by atoms with E-state index in [4.69, 9.17) is 24.3 Å². The Hall–Kier alpha value is -2.22. The monoisotopic (exact) mass is 460 g/mol. The molecule has 0 spiro atoms. The van der Waals surface area contributed by atoms with E-state index in [0.717, 1.165) is 0 Å². The molecule has 0 amide bonds. The van der Waals surface area contributed by atoms with Gasteiger partial charge in [-0.15, -0.1) is 0 Å². The van der Waals surface area contributed by atoms with Crippen LogP contribution in [0.5, 0.6) is 0 Å². The van der Waals surface area contributed by atoms with Crippen LogP contribution in [0.3, 0.4) is 0 Å². The van der Waals surface area contributed by atoms with Gasteiger partial charge in [0.05, 0.1) is 12.9 Å². The maximum atomic E-state index is 13.6. The van der Waals surface area contributed by atoms with Crippen molar-refractivity contribution < 1.29 is 37.4 Å². The molecule has 2 saturated heterocycles. The van der Waals surface area contributed by atoms with E-state index in [1.807, 2.05) is 0 Å². The molecular formula is C16H22FN6O7P. The van der Waals surface area contributed by atoms with Crippen LogP contribution in [0.4, 0.5) is 10.2 Å². The highest BCUT2D eigenvalue weighted by molar-refractivity contribution is 7.51. The number of nitrogens with two attached hydrogens (primary N) is 1. The van der Waals surface area contributed by atoms with Crippen LogP contribution in [-0.4, -0.2) is 68.2 Å². The van der Waals surface area contributed by atoms with Gasteiger partial charge in [-0.3, -0.25) is 18.4 Å². The van der Waals surface area contributed by atoms with Gasteiger partial charge in [0.1, 0.15) is 24.9 Å². The van der Waals surface area contributed by atoms with Crippen molar-refractivity contribution in [3.05, 3.63) is 12.4 Å². The summed E-state index contributed by atoms with van der Waals surface area (Å²) in [6.07, 6.45) is -3.68. The summed E-state index contributed by atoms with van der Waals surface area (Å²) in [5.74, 6) is -0.550. The summed E-state index contributed by atoms with van der Waals surface area (Å²) in [7, 11) is -3.82. The Morgan fingerprint density at radius 1 is 1.55 bits per heavy atom. The summed E-state index contributed by atoms with van der Waals surface area (Å²) in [5, 5.41) is 13.5. The molecule has 0 aromatic carbocycles. The number of aliphatic hydroxyl groups is 1. The zero-order chi connectivity index (χ0) is 22.3. The maximum Gasteiger partial charge on any atom is 0.406 e. The normalized spacial score (nSPS) is 31.5. The van der Waals surface area contributed by atoms with Crippen LogP contribution in [0.2, 0.25) is 0 Å². The molecule has 4 N–H and O–H groups in total. The Kier molecular flexibility index (Phi) is 5.94. The molecule has 1 unspecified atom stereocenters. The summed E-state index contributed by atoms with van der Waals surface area (Å²) in [6.45, 7) is 3.13. The lowest BCUT2D eigenvalue weighted by molar-refractivity contribution is -0.143. The Bertz CT molecular complexity index is 1040. The van der Waals surface area contributed by atoms with Gasteiger partial charge in [-0.2, -0.15) is 14.4 Å². The van der Waals surface area contributed by atoms with Gasteiger partial charge < -0.3 is 20.3 Å².